The molecule has 1 aliphatic carbocycles. The second-order valence-corrected chi connectivity index (χ2v) is 3.57. The van der Waals surface area contributed by atoms with Crippen LogP contribution in [0.2, 0.25) is 0 Å². The summed E-state index contributed by atoms with van der Waals surface area (Å²) in [7, 11) is 0. The van der Waals surface area contributed by atoms with Crippen LogP contribution in [0.1, 0.15) is 26.2 Å². The van der Waals surface area contributed by atoms with E-state index in [0.717, 1.165) is 19.3 Å². The minimum atomic E-state index is -0.670. The molecule has 5 nitrogen and oxygen atoms in total. The van der Waals surface area contributed by atoms with Gasteiger partial charge in [0.25, 0.3) is 0 Å². The van der Waals surface area contributed by atoms with Gasteiger partial charge in [-0.25, -0.2) is 0 Å². The van der Waals surface area contributed by atoms with Crippen molar-refractivity contribution in [3.05, 3.63) is 0 Å². The molecule has 0 heterocycles. The minimum Gasteiger partial charge on any atom is -0.335 e. The monoisotopic (exact) mass is 209 g/mol. The smallest absolute Gasteiger partial charge is 0.312 e. The van der Waals surface area contributed by atoms with Crippen LogP contribution in [-0.4, -0.2) is 35.8 Å². The Labute approximate surface area is 89.0 Å². The standard InChI is InChI=1S/C10H15N3O2/c1-2-7-13(8-3-4-8)10(15)9(14)12-6-5-11/h8H,2-4,6-7H2,1H3,(H,12,14). The molecule has 0 spiro atoms. The predicted octanol–water partition coefficient (Wildman–Crippen LogP) is 0.0272. The van der Waals surface area contributed by atoms with E-state index in [1.54, 1.807) is 11.0 Å². The summed E-state index contributed by atoms with van der Waals surface area (Å²) in [4.78, 5) is 24.5. The SMILES string of the molecule is CCCN(C(=O)C(=O)NCC#N)C1CC1. The van der Waals surface area contributed by atoms with Gasteiger partial charge in [-0.1, -0.05) is 6.92 Å². The van der Waals surface area contributed by atoms with Gasteiger partial charge in [-0.15, -0.1) is 0 Å². The zero-order valence-corrected chi connectivity index (χ0v) is 8.82. The number of carbonyl (C=O) groups excluding carboxylic acids is 2. The Morgan fingerprint density at radius 3 is 2.67 bits per heavy atom. The lowest BCUT2D eigenvalue weighted by Gasteiger charge is -2.20. The van der Waals surface area contributed by atoms with Crippen molar-refractivity contribution < 1.29 is 9.59 Å². The Morgan fingerprint density at radius 1 is 1.53 bits per heavy atom. The van der Waals surface area contributed by atoms with Crippen LogP contribution in [0.5, 0.6) is 0 Å². The second-order valence-electron chi connectivity index (χ2n) is 3.57. The van der Waals surface area contributed by atoms with Crippen molar-refractivity contribution in [1.82, 2.24) is 10.2 Å². The highest BCUT2D eigenvalue weighted by Crippen LogP contribution is 2.26. The Kier molecular flexibility index (Phi) is 4.10. The Bertz CT molecular complexity index is 292. The van der Waals surface area contributed by atoms with Crippen LogP contribution in [0.25, 0.3) is 0 Å². The van der Waals surface area contributed by atoms with Crippen molar-refractivity contribution in [3.63, 3.8) is 0 Å². The van der Waals surface area contributed by atoms with Crippen LogP contribution >= 0.6 is 0 Å². The van der Waals surface area contributed by atoms with Gasteiger partial charge in [0.1, 0.15) is 6.54 Å². The third-order valence-corrected chi connectivity index (χ3v) is 2.24. The van der Waals surface area contributed by atoms with Crippen LogP contribution < -0.4 is 5.32 Å². The topological polar surface area (TPSA) is 73.2 Å². The molecule has 0 saturated heterocycles. The number of rotatable bonds is 4. The van der Waals surface area contributed by atoms with E-state index in [0.29, 0.717) is 6.54 Å². The highest BCUT2D eigenvalue weighted by molar-refractivity contribution is 6.35. The minimum absolute atomic E-state index is 0.116. The van der Waals surface area contributed by atoms with Gasteiger partial charge < -0.3 is 10.2 Å². The summed E-state index contributed by atoms with van der Waals surface area (Å²) in [6.07, 6.45) is 2.81. The fraction of sp³-hybridized carbons (Fsp3) is 0.700. The van der Waals surface area contributed by atoms with Crippen molar-refractivity contribution in [2.24, 2.45) is 0 Å². The van der Waals surface area contributed by atoms with E-state index in [1.807, 2.05) is 6.92 Å². The molecule has 0 aromatic rings. The maximum Gasteiger partial charge on any atom is 0.312 e. The van der Waals surface area contributed by atoms with Gasteiger partial charge in [0.15, 0.2) is 0 Å². The predicted molar refractivity (Wildman–Crippen MR) is 53.6 cm³/mol. The molecule has 0 aliphatic heterocycles. The molecular weight excluding hydrogens is 194 g/mol. The maximum atomic E-state index is 11.6. The highest BCUT2D eigenvalue weighted by Gasteiger charge is 2.34. The molecule has 0 radical (unpaired) electrons. The van der Waals surface area contributed by atoms with Gasteiger partial charge in [0.2, 0.25) is 0 Å². The number of nitrogens with one attached hydrogen (secondary N) is 1. The summed E-state index contributed by atoms with van der Waals surface area (Å²) in [5.74, 6) is -1.17. The molecule has 5 heteroatoms. The summed E-state index contributed by atoms with van der Waals surface area (Å²) < 4.78 is 0. The lowest BCUT2D eigenvalue weighted by atomic mass is 10.3. The second kappa shape index (κ2) is 5.35. The molecule has 82 valence electrons. The lowest BCUT2D eigenvalue weighted by molar-refractivity contribution is -0.146. The molecule has 15 heavy (non-hydrogen) atoms. The summed E-state index contributed by atoms with van der Waals surface area (Å²) in [6, 6.07) is 2.01. The molecule has 1 saturated carbocycles. The lowest BCUT2D eigenvalue weighted by Crippen LogP contribution is -2.44. The molecule has 0 aromatic heterocycles. The molecule has 0 atom stereocenters. The van der Waals surface area contributed by atoms with Crippen LogP contribution in [0.4, 0.5) is 0 Å². The van der Waals surface area contributed by atoms with Gasteiger partial charge in [-0.05, 0) is 19.3 Å². The van der Waals surface area contributed by atoms with E-state index in [1.165, 1.54) is 0 Å². The molecule has 1 N–H and O–H groups in total. The fourth-order valence-corrected chi connectivity index (χ4v) is 1.40. The van der Waals surface area contributed by atoms with Crippen LogP contribution in [0.15, 0.2) is 0 Å². The molecule has 2 amide bonds. The Balaban J connectivity index is 2.48. The molecule has 1 aliphatic rings. The van der Waals surface area contributed by atoms with Crippen LogP contribution in [0, 0.1) is 11.3 Å². The zero-order chi connectivity index (χ0) is 11.3. The number of nitrogens with zero attached hydrogens (tertiary/aromatic N) is 2. The van der Waals surface area contributed by atoms with Crippen molar-refractivity contribution in [1.29, 1.82) is 5.26 Å². The van der Waals surface area contributed by atoms with Crippen molar-refractivity contribution in [3.8, 4) is 6.07 Å². The van der Waals surface area contributed by atoms with Crippen LogP contribution in [0.3, 0.4) is 0 Å². The van der Waals surface area contributed by atoms with Gasteiger partial charge >= 0.3 is 11.8 Å². The molecule has 1 rings (SSSR count). The number of hydrogen-bond acceptors (Lipinski definition) is 3. The number of amides is 2. The molecule has 1 fully saturated rings. The quantitative estimate of drug-likeness (QED) is 0.524. The third kappa shape index (κ3) is 3.24. The van der Waals surface area contributed by atoms with E-state index in [9.17, 15) is 9.59 Å². The Hall–Kier alpha value is -1.57. The van der Waals surface area contributed by atoms with Gasteiger partial charge in [0.05, 0.1) is 6.07 Å². The van der Waals surface area contributed by atoms with Crippen molar-refractivity contribution >= 4 is 11.8 Å². The zero-order valence-electron chi connectivity index (χ0n) is 8.82. The van der Waals surface area contributed by atoms with Crippen molar-refractivity contribution in [2.75, 3.05) is 13.1 Å². The van der Waals surface area contributed by atoms with Gasteiger partial charge in [-0.2, -0.15) is 5.26 Å². The van der Waals surface area contributed by atoms with E-state index in [2.05, 4.69) is 5.32 Å². The third-order valence-electron chi connectivity index (χ3n) is 2.24. The number of nitriles is 1. The Morgan fingerprint density at radius 2 is 2.20 bits per heavy atom. The summed E-state index contributed by atoms with van der Waals surface area (Å²) in [5, 5.41) is 10.5. The normalized spacial score (nSPS) is 14.1. The van der Waals surface area contributed by atoms with Gasteiger partial charge in [0, 0.05) is 12.6 Å². The first-order valence-electron chi connectivity index (χ1n) is 5.16. The summed E-state index contributed by atoms with van der Waals surface area (Å²) in [6.45, 7) is 2.47. The largest absolute Gasteiger partial charge is 0.335 e. The summed E-state index contributed by atoms with van der Waals surface area (Å²) >= 11 is 0. The van der Waals surface area contributed by atoms with Gasteiger partial charge in [-0.3, -0.25) is 9.59 Å². The number of hydrogen-bond donors (Lipinski definition) is 1. The average Bonchev–Trinajstić information content (AvgIpc) is 3.05. The molecule has 0 aromatic carbocycles. The fourth-order valence-electron chi connectivity index (χ4n) is 1.40. The highest BCUT2D eigenvalue weighted by atomic mass is 16.2. The van der Waals surface area contributed by atoms with Crippen LogP contribution in [-0.2, 0) is 9.59 Å². The number of carbonyl (C=O) groups is 2. The first kappa shape index (κ1) is 11.5. The molecular formula is C10H15N3O2. The first-order valence-corrected chi connectivity index (χ1v) is 5.16. The van der Waals surface area contributed by atoms with E-state index >= 15 is 0 Å². The van der Waals surface area contributed by atoms with E-state index < -0.39 is 11.8 Å². The molecule has 0 unspecified atom stereocenters. The maximum absolute atomic E-state index is 11.6. The molecule has 0 bridgehead atoms. The average molecular weight is 209 g/mol. The first-order chi connectivity index (χ1) is 7.20. The van der Waals surface area contributed by atoms with E-state index in [4.69, 9.17) is 5.26 Å². The van der Waals surface area contributed by atoms with Crippen molar-refractivity contribution in [2.45, 2.75) is 32.2 Å². The summed E-state index contributed by atoms with van der Waals surface area (Å²) in [5.41, 5.74) is 0. The van der Waals surface area contributed by atoms with E-state index in [-0.39, 0.29) is 12.6 Å².